The minimum atomic E-state index is -0.689. The average Bonchev–Trinajstić information content (AvgIpc) is 2.55. The van der Waals surface area contributed by atoms with Crippen LogP contribution in [0.25, 0.3) is 22.0 Å². The smallest absolute Gasteiger partial charge is 0.251 e. The van der Waals surface area contributed by atoms with Crippen LogP contribution in [0, 0.1) is 5.82 Å². The number of amides is 1. The van der Waals surface area contributed by atoms with Gasteiger partial charge in [0.25, 0.3) is 5.91 Å². The molecule has 3 aromatic rings. The van der Waals surface area contributed by atoms with Crippen molar-refractivity contribution in [3.8, 4) is 11.1 Å². The standard InChI is InChI=1S/C17H13ClFN3O2/c1-24-8-10-3-2-9(6-21-10)11-4-12-15(5-14(11)19)22-7-13(16(12)18)17(20)23/h2-7H,8H2,1H3,(H2,20,23). The van der Waals surface area contributed by atoms with E-state index in [1.807, 2.05) is 0 Å². The lowest BCUT2D eigenvalue weighted by Gasteiger charge is -2.09. The second kappa shape index (κ2) is 6.51. The fourth-order valence-electron chi connectivity index (χ4n) is 2.39. The third-order valence-corrected chi connectivity index (χ3v) is 3.99. The maximum Gasteiger partial charge on any atom is 0.251 e. The van der Waals surface area contributed by atoms with Crippen molar-refractivity contribution in [2.24, 2.45) is 5.73 Å². The highest BCUT2D eigenvalue weighted by atomic mass is 35.5. The molecule has 0 aliphatic carbocycles. The van der Waals surface area contributed by atoms with Gasteiger partial charge in [-0.15, -0.1) is 0 Å². The topological polar surface area (TPSA) is 78.1 Å². The Hall–Kier alpha value is -2.57. The van der Waals surface area contributed by atoms with Crippen LogP contribution >= 0.6 is 11.6 Å². The van der Waals surface area contributed by atoms with Gasteiger partial charge in [0.15, 0.2) is 0 Å². The van der Waals surface area contributed by atoms with Crippen LogP contribution in [0.3, 0.4) is 0 Å². The van der Waals surface area contributed by atoms with E-state index in [0.717, 1.165) is 5.69 Å². The van der Waals surface area contributed by atoms with Crippen LogP contribution in [-0.2, 0) is 11.3 Å². The number of nitrogens with two attached hydrogens (primary N) is 1. The van der Waals surface area contributed by atoms with Crippen molar-refractivity contribution >= 4 is 28.4 Å². The third-order valence-electron chi connectivity index (χ3n) is 3.58. The van der Waals surface area contributed by atoms with Crippen molar-refractivity contribution in [2.75, 3.05) is 7.11 Å². The molecule has 2 N–H and O–H groups in total. The van der Waals surface area contributed by atoms with Gasteiger partial charge >= 0.3 is 0 Å². The quantitative estimate of drug-likeness (QED) is 0.786. The molecular weight excluding hydrogens is 333 g/mol. The van der Waals surface area contributed by atoms with E-state index >= 15 is 0 Å². The fourth-order valence-corrected chi connectivity index (χ4v) is 2.68. The van der Waals surface area contributed by atoms with Gasteiger partial charge in [0.2, 0.25) is 0 Å². The SMILES string of the molecule is COCc1ccc(-c2cc3c(Cl)c(C(N)=O)cnc3cc2F)cn1. The number of primary amides is 1. The largest absolute Gasteiger partial charge is 0.378 e. The number of carbonyl (C=O) groups excluding carboxylic acids is 1. The summed E-state index contributed by atoms with van der Waals surface area (Å²) < 4.78 is 19.4. The molecule has 0 bridgehead atoms. The number of halogens is 2. The molecule has 0 aliphatic rings. The molecule has 2 heterocycles. The van der Waals surface area contributed by atoms with Crippen molar-refractivity contribution in [3.63, 3.8) is 0 Å². The van der Waals surface area contributed by atoms with Gasteiger partial charge in [0, 0.05) is 42.1 Å². The molecule has 0 saturated carbocycles. The Morgan fingerprint density at radius 2 is 2.08 bits per heavy atom. The third kappa shape index (κ3) is 2.93. The summed E-state index contributed by atoms with van der Waals surface area (Å²) in [4.78, 5) is 19.6. The fraction of sp³-hybridized carbons (Fsp3) is 0.118. The first-order chi connectivity index (χ1) is 11.5. The van der Waals surface area contributed by atoms with Crippen molar-refractivity contribution in [1.82, 2.24) is 9.97 Å². The summed E-state index contributed by atoms with van der Waals surface area (Å²) in [7, 11) is 1.57. The molecular formula is C17H13ClFN3O2. The number of benzene rings is 1. The Labute approximate surface area is 142 Å². The van der Waals surface area contributed by atoms with Crippen LogP contribution in [0.15, 0.2) is 36.7 Å². The predicted molar refractivity (Wildman–Crippen MR) is 89.2 cm³/mol. The molecule has 0 aliphatic heterocycles. The average molecular weight is 346 g/mol. The van der Waals surface area contributed by atoms with Crippen molar-refractivity contribution < 1.29 is 13.9 Å². The lowest BCUT2D eigenvalue weighted by atomic mass is 10.0. The Balaban J connectivity index is 2.15. The number of hydrogen-bond donors (Lipinski definition) is 1. The summed E-state index contributed by atoms with van der Waals surface area (Å²) in [5, 5.41) is 0.600. The Morgan fingerprint density at radius 3 is 2.71 bits per heavy atom. The molecule has 2 aromatic heterocycles. The minimum absolute atomic E-state index is 0.0929. The number of nitrogens with zero attached hydrogens (tertiary/aromatic N) is 2. The molecule has 5 nitrogen and oxygen atoms in total. The zero-order chi connectivity index (χ0) is 17.3. The van der Waals surface area contributed by atoms with E-state index in [2.05, 4.69) is 9.97 Å². The first-order valence-electron chi connectivity index (χ1n) is 7.03. The number of carbonyl (C=O) groups is 1. The second-order valence-electron chi connectivity index (χ2n) is 5.17. The summed E-state index contributed by atoms with van der Waals surface area (Å²) in [6.45, 7) is 0.373. The minimum Gasteiger partial charge on any atom is -0.378 e. The maximum absolute atomic E-state index is 14.4. The Bertz CT molecular complexity index is 929. The summed E-state index contributed by atoms with van der Waals surface area (Å²) >= 11 is 6.22. The zero-order valence-corrected chi connectivity index (χ0v) is 13.5. The van der Waals surface area contributed by atoms with Gasteiger partial charge in [-0.3, -0.25) is 14.8 Å². The number of rotatable bonds is 4. The maximum atomic E-state index is 14.4. The van der Waals surface area contributed by atoms with Crippen LogP contribution < -0.4 is 5.73 Å². The van der Waals surface area contributed by atoms with Gasteiger partial charge in [0.1, 0.15) is 5.82 Å². The number of aromatic nitrogens is 2. The molecule has 1 amide bonds. The highest BCUT2D eigenvalue weighted by Gasteiger charge is 2.15. The van der Waals surface area contributed by atoms with Gasteiger partial charge in [-0.25, -0.2) is 4.39 Å². The van der Waals surface area contributed by atoms with E-state index in [4.69, 9.17) is 22.1 Å². The highest BCUT2D eigenvalue weighted by Crippen LogP contribution is 2.32. The lowest BCUT2D eigenvalue weighted by molar-refractivity contribution is 0.100. The normalized spacial score (nSPS) is 11.0. The van der Waals surface area contributed by atoms with Gasteiger partial charge in [0.05, 0.1) is 28.4 Å². The number of ether oxygens (including phenoxy) is 1. The zero-order valence-electron chi connectivity index (χ0n) is 12.7. The van der Waals surface area contributed by atoms with Crippen LogP contribution in [0.2, 0.25) is 5.02 Å². The monoisotopic (exact) mass is 345 g/mol. The van der Waals surface area contributed by atoms with E-state index in [9.17, 15) is 9.18 Å². The van der Waals surface area contributed by atoms with E-state index in [0.29, 0.717) is 28.6 Å². The molecule has 0 unspecified atom stereocenters. The number of pyridine rings is 2. The van der Waals surface area contributed by atoms with Crippen LogP contribution in [0.4, 0.5) is 4.39 Å². The molecule has 1 aromatic carbocycles. The Morgan fingerprint density at radius 1 is 1.29 bits per heavy atom. The number of fused-ring (bicyclic) bond motifs is 1. The Kier molecular flexibility index (Phi) is 4.42. The molecule has 0 saturated heterocycles. The second-order valence-corrected chi connectivity index (χ2v) is 5.55. The molecule has 3 rings (SSSR count). The molecule has 122 valence electrons. The molecule has 0 fully saturated rings. The van der Waals surface area contributed by atoms with Crippen molar-refractivity contribution in [2.45, 2.75) is 6.61 Å². The van der Waals surface area contributed by atoms with E-state index in [-0.39, 0.29) is 10.6 Å². The highest BCUT2D eigenvalue weighted by molar-refractivity contribution is 6.38. The van der Waals surface area contributed by atoms with E-state index in [1.165, 1.54) is 12.3 Å². The molecule has 24 heavy (non-hydrogen) atoms. The van der Waals surface area contributed by atoms with Crippen molar-refractivity contribution in [1.29, 1.82) is 0 Å². The summed E-state index contributed by atoms with van der Waals surface area (Å²) in [5.74, 6) is -1.15. The predicted octanol–water partition coefficient (Wildman–Crippen LogP) is 3.33. The van der Waals surface area contributed by atoms with Gasteiger partial charge in [-0.05, 0) is 12.1 Å². The molecule has 0 radical (unpaired) electrons. The molecule has 0 spiro atoms. The first kappa shape index (κ1) is 16.3. The molecule has 7 heteroatoms. The summed E-state index contributed by atoms with van der Waals surface area (Å²) in [5.41, 5.74) is 7.33. The summed E-state index contributed by atoms with van der Waals surface area (Å²) in [6.07, 6.45) is 2.80. The van der Waals surface area contributed by atoms with E-state index in [1.54, 1.807) is 31.5 Å². The van der Waals surface area contributed by atoms with E-state index < -0.39 is 11.7 Å². The summed E-state index contributed by atoms with van der Waals surface area (Å²) in [6, 6.07) is 6.30. The first-order valence-corrected chi connectivity index (χ1v) is 7.41. The van der Waals surface area contributed by atoms with Crippen molar-refractivity contribution in [3.05, 3.63) is 58.8 Å². The number of hydrogen-bond acceptors (Lipinski definition) is 4. The van der Waals surface area contributed by atoms with Crippen LogP contribution in [0.1, 0.15) is 16.1 Å². The van der Waals surface area contributed by atoms with Gasteiger partial charge in [-0.1, -0.05) is 17.7 Å². The van der Waals surface area contributed by atoms with Crippen LogP contribution in [0.5, 0.6) is 0 Å². The van der Waals surface area contributed by atoms with Gasteiger partial charge in [-0.2, -0.15) is 0 Å². The number of methoxy groups -OCH3 is 1. The lowest BCUT2D eigenvalue weighted by Crippen LogP contribution is -2.12. The van der Waals surface area contributed by atoms with Gasteiger partial charge < -0.3 is 10.5 Å². The van der Waals surface area contributed by atoms with Crippen LogP contribution in [-0.4, -0.2) is 23.0 Å². The molecule has 0 atom stereocenters.